The van der Waals surface area contributed by atoms with Gasteiger partial charge in [-0.05, 0) is 36.8 Å². The molecule has 0 heterocycles. The summed E-state index contributed by atoms with van der Waals surface area (Å²) in [6, 6.07) is 9.03. The number of rotatable bonds is 3. The van der Waals surface area contributed by atoms with Crippen molar-refractivity contribution >= 4 is 5.69 Å². The number of anilines is 1. The number of ether oxygens (including phenoxy) is 1. The van der Waals surface area contributed by atoms with Gasteiger partial charge < -0.3 is 10.5 Å². The van der Waals surface area contributed by atoms with E-state index in [2.05, 4.69) is 0 Å². The van der Waals surface area contributed by atoms with Crippen LogP contribution in [0, 0.1) is 18.6 Å². The Kier molecular flexibility index (Phi) is 3.46. The minimum atomic E-state index is -0.875. The van der Waals surface area contributed by atoms with E-state index in [1.807, 2.05) is 6.92 Å². The SMILES string of the molecule is Cc1c(N)cccc1OCc1ccc(F)c(F)c1. The third kappa shape index (κ3) is 2.59. The highest BCUT2D eigenvalue weighted by atomic mass is 19.2. The molecule has 4 heteroatoms. The van der Waals surface area contributed by atoms with Crippen LogP contribution in [-0.2, 0) is 6.61 Å². The van der Waals surface area contributed by atoms with E-state index in [4.69, 9.17) is 10.5 Å². The number of halogens is 2. The Morgan fingerprint density at radius 3 is 2.61 bits per heavy atom. The number of benzene rings is 2. The average molecular weight is 249 g/mol. The summed E-state index contributed by atoms with van der Waals surface area (Å²) in [6.45, 7) is 2.01. The summed E-state index contributed by atoms with van der Waals surface area (Å²) in [5.74, 6) is -1.10. The second-order valence-electron chi connectivity index (χ2n) is 4.01. The standard InChI is InChI=1S/C14H13F2NO/c1-9-13(17)3-2-4-14(9)18-8-10-5-6-11(15)12(16)7-10/h2-7H,8,17H2,1H3. The molecule has 0 spiro atoms. The fraction of sp³-hybridized carbons (Fsp3) is 0.143. The molecular formula is C14H13F2NO. The molecule has 0 bridgehead atoms. The lowest BCUT2D eigenvalue weighted by molar-refractivity contribution is 0.303. The molecule has 0 saturated carbocycles. The van der Waals surface area contributed by atoms with E-state index in [9.17, 15) is 8.78 Å². The smallest absolute Gasteiger partial charge is 0.159 e. The predicted molar refractivity (Wildman–Crippen MR) is 66.3 cm³/mol. The van der Waals surface area contributed by atoms with Crippen molar-refractivity contribution in [3.63, 3.8) is 0 Å². The van der Waals surface area contributed by atoms with Crippen LogP contribution in [0.4, 0.5) is 14.5 Å². The quantitative estimate of drug-likeness (QED) is 0.846. The third-order valence-electron chi connectivity index (χ3n) is 2.70. The van der Waals surface area contributed by atoms with Gasteiger partial charge in [-0.15, -0.1) is 0 Å². The molecule has 2 N–H and O–H groups in total. The van der Waals surface area contributed by atoms with Gasteiger partial charge in [-0.1, -0.05) is 12.1 Å². The Balaban J connectivity index is 2.11. The van der Waals surface area contributed by atoms with Crippen LogP contribution in [0.3, 0.4) is 0 Å². The van der Waals surface area contributed by atoms with Gasteiger partial charge in [0, 0.05) is 11.3 Å². The molecule has 0 saturated heterocycles. The van der Waals surface area contributed by atoms with E-state index < -0.39 is 11.6 Å². The van der Waals surface area contributed by atoms with Crippen LogP contribution in [0.25, 0.3) is 0 Å². The van der Waals surface area contributed by atoms with Gasteiger partial charge >= 0.3 is 0 Å². The fourth-order valence-corrected chi connectivity index (χ4v) is 1.58. The van der Waals surface area contributed by atoms with Crippen molar-refractivity contribution in [1.82, 2.24) is 0 Å². The summed E-state index contributed by atoms with van der Waals surface area (Å²) >= 11 is 0. The largest absolute Gasteiger partial charge is 0.489 e. The molecule has 0 amide bonds. The molecule has 18 heavy (non-hydrogen) atoms. The third-order valence-corrected chi connectivity index (χ3v) is 2.70. The molecule has 2 aromatic carbocycles. The molecule has 0 unspecified atom stereocenters. The molecule has 0 atom stereocenters. The topological polar surface area (TPSA) is 35.2 Å². The zero-order chi connectivity index (χ0) is 13.1. The minimum absolute atomic E-state index is 0.168. The first-order chi connectivity index (χ1) is 8.58. The van der Waals surface area contributed by atoms with Gasteiger partial charge in [-0.25, -0.2) is 8.78 Å². The summed E-state index contributed by atoms with van der Waals surface area (Å²) in [6.07, 6.45) is 0. The van der Waals surface area contributed by atoms with Gasteiger partial charge in [0.05, 0.1) is 0 Å². The first-order valence-electron chi connectivity index (χ1n) is 5.50. The Hall–Kier alpha value is -2.10. The molecule has 0 fully saturated rings. The van der Waals surface area contributed by atoms with E-state index in [0.29, 0.717) is 17.0 Å². The number of hydrogen-bond donors (Lipinski definition) is 1. The second kappa shape index (κ2) is 5.04. The van der Waals surface area contributed by atoms with Crippen LogP contribution in [-0.4, -0.2) is 0 Å². The van der Waals surface area contributed by atoms with E-state index in [0.717, 1.165) is 17.7 Å². The summed E-state index contributed by atoms with van der Waals surface area (Å²) in [5, 5.41) is 0. The highest BCUT2D eigenvalue weighted by Crippen LogP contribution is 2.23. The monoisotopic (exact) mass is 249 g/mol. The Morgan fingerprint density at radius 1 is 1.11 bits per heavy atom. The highest BCUT2D eigenvalue weighted by Gasteiger charge is 2.05. The van der Waals surface area contributed by atoms with Crippen molar-refractivity contribution in [3.8, 4) is 5.75 Å². The first kappa shape index (κ1) is 12.4. The zero-order valence-corrected chi connectivity index (χ0v) is 9.91. The normalized spacial score (nSPS) is 10.4. The van der Waals surface area contributed by atoms with Crippen LogP contribution in [0.5, 0.6) is 5.75 Å². The highest BCUT2D eigenvalue weighted by molar-refractivity contribution is 5.53. The van der Waals surface area contributed by atoms with Crippen LogP contribution < -0.4 is 10.5 Å². The lowest BCUT2D eigenvalue weighted by Crippen LogP contribution is -2.00. The zero-order valence-electron chi connectivity index (χ0n) is 9.91. The lowest BCUT2D eigenvalue weighted by Gasteiger charge is -2.10. The van der Waals surface area contributed by atoms with E-state index in [1.165, 1.54) is 6.07 Å². The molecule has 2 rings (SSSR count). The summed E-state index contributed by atoms with van der Waals surface area (Å²) in [4.78, 5) is 0. The summed E-state index contributed by atoms with van der Waals surface area (Å²) in [7, 11) is 0. The van der Waals surface area contributed by atoms with Gasteiger partial charge in [0.25, 0.3) is 0 Å². The van der Waals surface area contributed by atoms with Crippen LogP contribution in [0.2, 0.25) is 0 Å². The Labute approximate surface area is 104 Å². The first-order valence-corrected chi connectivity index (χ1v) is 5.50. The minimum Gasteiger partial charge on any atom is -0.489 e. The van der Waals surface area contributed by atoms with Crippen molar-refractivity contribution < 1.29 is 13.5 Å². The summed E-state index contributed by atoms with van der Waals surface area (Å²) < 4.78 is 31.3. The van der Waals surface area contributed by atoms with Gasteiger partial charge in [-0.2, -0.15) is 0 Å². The van der Waals surface area contributed by atoms with Crippen LogP contribution in [0.1, 0.15) is 11.1 Å². The molecule has 0 aromatic heterocycles. The molecule has 2 aromatic rings. The van der Waals surface area contributed by atoms with E-state index in [1.54, 1.807) is 18.2 Å². The van der Waals surface area contributed by atoms with Gasteiger partial charge in [0.15, 0.2) is 11.6 Å². The van der Waals surface area contributed by atoms with Crippen molar-refractivity contribution in [2.24, 2.45) is 0 Å². The van der Waals surface area contributed by atoms with Crippen LogP contribution in [0.15, 0.2) is 36.4 Å². The fourth-order valence-electron chi connectivity index (χ4n) is 1.58. The molecule has 0 radical (unpaired) electrons. The number of nitrogen functional groups attached to an aromatic ring is 1. The number of hydrogen-bond acceptors (Lipinski definition) is 2. The van der Waals surface area contributed by atoms with Gasteiger partial charge in [0.2, 0.25) is 0 Å². The second-order valence-corrected chi connectivity index (χ2v) is 4.01. The van der Waals surface area contributed by atoms with Crippen molar-refractivity contribution in [2.45, 2.75) is 13.5 Å². The molecule has 0 aliphatic carbocycles. The van der Waals surface area contributed by atoms with E-state index >= 15 is 0 Å². The van der Waals surface area contributed by atoms with Crippen LogP contribution >= 0.6 is 0 Å². The Bertz CT molecular complexity index is 570. The number of nitrogens with two attached hydrogens (primary N) is 1. The maximum Gasteiger partial charge on any atom is 0.159 e. The van der Waals surface area contributed by atoms with Gasteiger partial charge in [-0.3, -0.25) is 0 Å². The van der Waals surface area contributed by atoms with E-state index in [-0.39, 0.29) is 6.61 Å². The van der Waals surface area contributed by atoms with Crippen molar-refractivity contribution in [3.05, 3.63) is 59.2 Å². The maximum atomic E-state index is 13.0. The molecule has 94 valence electrons. The molecular weight excluding hydrogens is 236 g/mol. The predicted octanol–water partition coefficient (Wildman–Crippen LogP) is 3.43. The lowest BCUT2D eigenvalue weighted by atomic mass is 10.2. The van der Waals surface area contributed by atoms with Gasteiger partial charge in [0.1, 0.15) is 12.4 Å². The van der Waals surface area contributed by atoms with Crippen molar-refractivity contribution in [1.29, 1.82) is 0 Å². The molecule has 0 aliphatic heterocycles. The Morgan fingerprint density at radius 2 is 1.89 bits per heavy atom. The van der Waals surface area contributed by atoms with Crippen molar-refractivity contribution in [2.75, 3.05) is 5.73 Å². The average Bonchev–Trinajstić information content (AvgIpc) is 2.35. The molecule has 2 nitrogen and oxygen atoms in total. The maximum absolute atomic E-state index is 13.0. The molecule has 0 aliphatic rings. The summed E-state index contributed by atoms with van der Waals surface area (Å²) in [5.41, 5.74) is 7.78.